The molecule has 106 valence electrons. The van der Waals surface area contributed by atoms with E-state index >= 15 is 0 Å². The summed E-state index contributed by atoms with van der Waals surface area (Å²) in [4.78, 5) is 22.0. The molecule has 1 aliphatic rings. The maximum atomic E-state index is 12.1. The van der Waals surface area contributed by atoms with Gasteiger partial charge in [-0.1, -0.05) is 19.1 Å². The van der Waals surface area contributed by atoms with Crippen LogP contribution in [0.1, 0.15) is 19.2 Å². The van der Waals surface area contributed by atoms with E-state index in [4.69, 9.17) is 0 Å². The van der Waals surface area contributed by atoms with Gasteiger partial charge in [-0.05, 0) is 25.1 Å². The van der Waals surface area contributed by atoms with E-state index in [1.807, 2.05) is 24.3 Å². The lowest BCUT2D eigenvalue weighted by atomic mass is 10.1. The number of benzene rings is 1. The van der Waals surface area contributed by atoms with E-state index in [0.717, 1.165) is 37.4 Å². The number of hydrogen-bond acceptors (Lipinski definition) is 4. The van der Waals surface area contributed by atoms with E-state index in [-0.39, 0.29) is 5.56 Å². The summed E-state index contributed by atoms with van der Waals surface area (Å²) in [6.45, 7) is 5.97. The zero-order chi connectivity index (χ0) is 13.9. The van der Waals surface area contributed by atoms with Gasteiger partial charge in [0.15, 0.2) is 0 Å². The van der Waals surface area contributed by atoms with Gasteiger partial charge in [-0.25, -0.2) is 4.98 Å². The van der Waals surface area contributed by atoms with Crippen LogP contribution in [-0.2, 0) is 6.54 Å². The fourth-order valence-electron chi connectivity index (χ4n) is 2.61. The smallest absolute Gasteiger partial charge is 0.258 e. The highest BCUT2D eigenvalue weighted by atomic mass is 16.1. The van der Waals surface area contributed by atoms with Crippen LogP contribution in [-0.4, -0.2) is 40.5 Å². The lowest BCUT2D eigenvalue weighted by molar-refractivity contribution is 0.134. The summed E-state index contributed by atoms with van der Waals surface area (Å²) < 4.78 is 0. The van der Waals surface area contributed by atoms with Crippen molar-refractivity contribution in [3.63, 3.8) is 0 Å². The molecule has 2 aromatic rings. The summed E-state index contributed by atoms with van der Waals surface area (Å²) in [6, 6.07) is 8.04. The van der Waals surface area contributed by atoms with Gasteiger partial charge in [0.05, 0.1) is 17.4 Å². The van der Waals surface area contributed by atoms with Crippen LogP contribution in [0.3, 0.4) is 0 Å². The minimum Gasteiger partial charge on any atom is -0.314 e. The van der Waals surface area contributed by atoms with Crippen molar-refractivity contribution in [3.05, 3.63) is 40.4 Å². The molecule has 0 radical (unpaired) electrons. The summed E-state index contributed by atoms with van der Waals surface area (Å²) in [5, 5.41) is 3.95. The van der Waals surface area contributed by atoms with Crippen molar-refractivity contribution < 1.29 is 0 Å². The second-order valence-corrected chi connectivity index (χ2v) is 5.31. The van der Waals surface area contributed by atoms with Gasteiger partial charge >= 0.3 is 0 Å². The Balaban J connectivity index is 1.87. The molecule has 1 aromatic heterocycles. The first-order chi connectivity index (χ1) is 9.78. The molecule has 1 fully saturated rings. The number of aromatic nitrogens is 2. The lowest BCUT2D eigenvalue weighted by Gasteiger charge is -2.37. The summed E-state index contributed by atoms with van der Waals surface area (Å²) in [5.41, 5.74) is 0.725. The number of aromatic amines is 1. The van der Waals surface area contributed by atoms with E-state index in [2.05, 4.69) is 27.1 Å². The van der Waals surface area contributed by atoms with Crippen LogP contribution in [0.2, 0.25) is 0 Å². The predicted octanol–water partition coefficient (Wildman–Crippen LogP) is 1.11. The number of rotatable bonds is 5. The summed E-state index contributed by atoms with van der Waals surface area (Å²) >= 11 is 0. The Kier molecular flexibility index (Phi) is 3.80. The van der Waals surface area contributed by atoms with Crippen molar-refractivity contribution in [1.82, 2.24) is 20.2 Å². The quantitative estimate of drug-likeness (QED) is 0.856. The molecule has 2 heterocycles. The number of para-hydroxylation sites is 1. The standard InChI is InChI=1S/C15H20N4O/c1-2-7-19(11-8-16-9-11)10-14-17-13-6-4-3-5-12(13)15(20)18-14/h3-6,11,16H,2,7-10H2,1H3,(H,17,18,20). The molecular weight excluding hydrogens is 252 g/mol. The Morgan fingerprint density at radius 1 is 1.35 bits per heavy atom. The Labute approximate surface area is 118 Å². The number of hydrogen-bond donors (Lipinski definition) is 2. The normalized spacial score (nSPS) is 15.7. The maximum Gasteiger partial charge on any atom is 0.258 e. The molecule has 5 nitrogen and oxygen atoms in total. The maximum absolute atomic E-state index is 12.1. The van der Waals surface area contributed by atoms with Crippen molar-refractivity contribution >= 4 is 10.9 Å². The van der Waals surface area contributed by atoms with Crippen LogP contribution < -0.4 is 10.9 Å². The Hall–Kier alpha value is -1.72. The highest BCUT2D eigenvalue weighted by molar-refractivity contribution is 5.77. The van der Waals surface area contributed by atoms with Crippen molar-refractivity contribution in [1.29, 1.82) is 0 Å². The molecule has 0 unspecified atom stereocenters. The largest absolute Gasteiger partial charge is 0.314 e. The molecule has 1 aromatic carbocycles. The molecular formula is C15H20N4O. The first-order valence-corrected chi connectivity index (χ1v) is 7.20. The summed E-state index contributed by atoms with van der Waals surface area (Å²) in [5.74, 6) is 0.758. The van der Waals surface area contributed by atoms with Gasteiger partial charge in [-0.15, -0.1) is 0 Å². The Bertz CT molecular complexity index is 648. The molecule has 0 saturated carbocycles. The van der Waals surface area contributed by atoms with Gasteiger partial charge in [-0.3, -0.25) is 9.69 Å². The molecule has 0 aliphatic carbocycles. The van der Waals surface area contributed by atoms with Crippen molar-refractivity contribution in [3.8, 4) is 0 Å². The first kappa shape index (κ1) is 13.3. The van der Waals surface area contributed by atoms with E-state index in [1.165, 1.54) is 0 Å². The van der Waals surface area contributed by atoms with Crippen LogP contribution in [0.25, 0.3) is 10.9 Å². The minimum absolute atomic E-state index is 0.0474. The number of H-pyrrole nitrogens is 1. The minimum atomic E-state index is -0.0474. The molecule has 20 heavy (non-hydrogen) atoms. The van der Waals surface area contributed by atoms with Crippen LogP contribution in [0, 0.1) is 0 Å². The SMILES string of the molecule is CCCN(Cc1nc2ccccc2c(=O)[nH]1)C1CNC1. The average molecular weight is 272 g/mol. The molecule has 0 amide bonds. The van der Waals surface area contributed by atoms with Crippen molar-refractivity contribution in [2.75, 3.05) is 19.6 Å². The molecule has 0 atom stereocenters. The van der Waals surface area contributed by atoms with Crippen LogP contribution in [0.5, 0.6) is 0 Å². The van der Waals surface area contributed by atoms with Crippen LogP contribution in [0.15, 0.2) is 29.1 Å². The third-order valence-electron chi connectivity index (χ3n) is 3.80. The van der Waals surface area contributed by atoms with E-state index in [0.29, 0.717) is 18.0 Å². The average Bonchev–Trinajstić information content (AvgIpc) is 2.37. The monoisotopic (exact) mass is 272 g/mol. The highest BCUT2D eigenvalue weighted by Gasteiger charge is 2.24. The third kappa shape index (κ3) is 2.59. The number of nitrogens with one attached hydrogen (secondary N) is 2. The fourth-order valence-corrected chi connectivity index (χ4v) is 2.61. The van der Waals surface area contributed by atoms with Gasteiger partial charge in [0.25, 0.3) is 5.56 Å². The predicted molar refractivity (Wildman–Crippen MR) is 79.7 cm³/mol. The van der Waals surface area contributed by atoms with E-state index in [1.54, 1.807) is 0 Å². The fraction of sp³-hybridized carbons (Fsp3) is 0.467. The summed E-state index contributed by atoms with van der Waals surface area (Å²) in [6.07, 6.45) is 1.11. The van der Waals surface area contributed by atoms with E-state index in [9.17, 15) is 4.79 Å². The lowest BCUT2D eigenvalue weighted by Crippen LogP contribution is -2.57. The Morgan fingerprint density at radius 2 is 2.15 bits per heavy atom. The first-order valence-electron chi connectivity index (χ1n) is 7.20. The number of nitrogens with zero attached hydrogens (tertiary/aromatic N) is 2. The second kappa shape index (κ2) is 5.73. The van der Waals surface area contributed by atoms with Gasteiger partial charge in [0.2, 0.25) is 0 Å². The van der Waals surface area contributed by atoms with Crippen LogP contribution >= 0.6 is 0 Å². The van der Waals surface area contributed by atoms with Gasteiger partial charge in [0, 0.05) is 19.1 Å². The molecule has 1 saturated heterocycles. The number of fused-ring (bicyclic) bond motifs is 1. The van der Waals surface area contributed by atoms with Gasteiger partial charge < -0.3 is 10.3 Å². The van der Waals surface area contributed by atoms with Crippen molar-refractivity contribution in [2.45, 2.75) is 25.9 Å². The highest BCUT2D eigenvalue weighted by Crippen LogP contribution is 2.11. The van der Waals surface area contributed by atoms with Gasteiger partial charge in [0.1, 0.15) is 5.82 Å². The zero-order valence-electron chi connectivity index (χ0n) is 11.7. The molecule has 0 spiro atoms. The summed E-state index contributed by atoms with van der Waals surface area (Å²) in [7, 11) is 0. The second-order valence-electron chi connectivity index (χ2n) is 5.31. The Morgan fingerprint density at radius 3 is 2.85 bits per heavy atom. The van der Waals surface area contributed by atoms with Gasteiger partial charge in [-0.2, -0.15) is 0 Å². The van der Waals surface area contributed by atoms with Crippen LogP contribution in [0.4, 0.5) is 0 Å². The molecule has 5 heteroatoms. The molecule has 3 rings (SSSR count). The van der Waals surface area contributed by atoms with E-state index < -0.39 is 0 Å². The zero-order valence-corrected chi connectivity index (χ0v) is 11.7. The topological polar surface area (TPSA) is 61.0 Å². The molecule has 1 aliphatic heterocycles. The van der Waals surface area contributed by atoms with Crippen molar-refractivity contribution in [2.24, 2.45) is 0 Å². The molecule has 0 bridgehead atoms. The third-order valence-corrected chi connectivity index (χ3v) is 3.80. The molecule has 2 N–H and O–H groups in total.